The van der Waals surface area contributed by atoms with Gasteiger partial charge in [-0.2, -0.15) is 4.98 Å². The molecule has 3 N–H and O–H groups in total. The number of Topliss-reactive ketones (excluding diaryl/α,β-unsaturated/α-hetero) is 1. The van der Waals surface area contributed by atoms with Crippen LogP contribution in [0.3, 0.4) is 0 Å². The first kappa shape index (κ1) is 18.7. The second-order valence-electron chi connectivity index (χ2n) is 7.01. The second kappa shape index (κ2) is 7.76. The number of nitrogen functional groups attached to an aromatic ring is 1. The van der Waals surface area contributed by atoms with E-state index in [9.17, 15) is 4.79 Å². The van der Waals surface area contributed by atoms with Crippen molar-refractivity contribution in [1.82, 2.24) is 15.3 Å². The Morgan fingerprint density at radius 2 is 2.07 bits per heavy atom. The fraction of sp³-hybridized carbons (Fsp3) is 0.526. The third kappa shape index (κ3) is 3.31. The number of ether oxygens (including phenoxy) is 3. The third-order valence-corrected chi connectivity index (χ3v) is 5.38. The normalized spacial score (nSPS) is 22.4. The van der Waals surface area contributed by atoms with Crippen LogP contribution in [0.5, 0.6) is 11.5 Å². The topological polar surface area (TPSA) is 112 Å². The summed E-state index contributed by atoms with van der Waals surface area (Å²) < 4.78 is 16.1. The largest absolute Gasteiger partial charge is 0.493 e. The van der Waals surface area contributed by atoms with Gasteiger partial charge in [-0.25, -0.2) is 4.98 Å². The number of ketones is 1. The van der Waals surface area contributed by atoms with Gasteiger partial charge in [0.05, 0.1) is 26.3 Å². The number of hydrogen-bond donors (Lipinski definition) is 2. The van der Waals surface area contributed by atoms with Crippen LogP contribution in [-0.2, 0) is 9.53 Å². The lowest BCUT2D eigenvalue weighted by Crippen LogP contribution is -2.57. The maximum absolute atomic E-state index is 13.0. The number of methoxy groups -OCH3 is 2. The summed E-state index contributed by atoms with van der Waals surface area (Å²) in [6.07, 6.45) is 0.765. The monoisotopic (exact) mass is 387 g/mol. The lowest BCUT2D eigenvalue weighted by atomic mass is 9.95. The Balaban J connectivity index is 1.72. The minimum atomic E-state index is -0.336. The maximum atomic E-state index is 13.0. The van der Waals surface area contributed by atoms with Gasteiger partial charge in [-0.15, -0.1) is 0 Å². The molecule has 1 aromatic heterocycles. The molecule has 0 radical (unpaired) electrons. The molecule has 2 saturated heterocycles. The number of carbonyl (C=O) groups excluding carboxylic acids is 1. The molecule has 0 aliphatic carbocycles. The first-order chi connectivity index (χ1) is 13.6. The SMILES string of the molecule is COc1cc2nc(N3CCNCC3C(=O)C3CCOC3)nc(N)c2cc1OC. The highest BCUT2D eigenvalue weighted by atomic mass is 16.5. The summed E-state index contributed by atoms with van der Waals surface area (Å²) in [6, 6.07) is 3.21. The van der Waals surface area contributed by atoms with Gasteiger partial charge in [-0.3, -0.25) is 4.79 Å². The van der Waals surface area contributed by atoms with Crippen molar-refractivity contribution in [1.29, 1.82) is 0 Å². The number of rotatable bonds is 5. The molecule has 0 spiro atoms. The molecule has 0 saturated carbocycles. The molecule has 0 amide bonds. The lowest BCUT2D eigenvalue weighted by molar-refractivity contribution is -0.124. The Morgan fingerprint density at radius 3 is 2.79 bits per heavy atom. The fourth-order valence-corrected chi connectivity index (χ4v) is 3.82. The number of benzene rings is 1. The van der Waals surface area contributed by atoms with Crippen LogP contribution in [0.2, 0.25) is 0 Å². The van der Waals surface area contributed by atoms with Crippen molar-refractivity contribution in [2.75, 3.05) is 57.7 Å². The molecular formula is C19H25N5O4. The second-order valence-corrected chi connectivity index (χ2v) is 7.01. The van der Waals surface area contributed by atoms with E-state index < -0.39 is 0 Å². The van der Waals surface area contributed by atoms with E-state index in [0.717, 1.165) is 13.0 Å². The molecule has 9 nitrogen and oxygen atoms in total. The van der Waals surface area contributed by atoms with Crippen LogP contribution < -0.4 is 25.4 Å². The van der Waals surface area contributed by atoms with E-state index in [0.29, 0.717) is 60.5 Å². The van der Waals surface area contributed by atoms with Crippen molar-refractivity contribution in [2.45, 2.75) is 12.5 Å². The van der Waals surface area contributed by atoms with E-state index in [-0.39, 0.29) is 17.7 Å². The van der Waals surface area contributed by atoms with Crippen molar-refractivity contribution in [3.8, 4) is 11.5 Å². The van der Waals surface area contributed by atoms with Gasteiger partial charge < -0.3 is 30.2 Å². The molecule has 2 atom stereocenters. The maximum Gasteiger partial charge on any atom is 0.228 e. The van der Waals surface area contributed by atoms with E-state index in [1.807, 2.05) is 4.90 Å². The summed E-state index contributed by atoms with van der Waals surface area (Å²) in [4.78, 5) is 24.2. The highest BCUT2D eigenvalue weighted by molar-refractivity contribution is 5.93. The molecule has 150 valence electrons. The molecule has 2 aliphatic heterocycles. The molecule has 0 bridgehead atoms. The van der Waals surface area contributed by atoms with Crippen molar-refractivity contribution in [3.05, 3.63) is 12.1 Å². The van der Waals surface area contributed by atoms with E-state index in [2.05, 4.69) is 10.3 Å². The zero-order valence-corrected chi connectivity index (χ0v) is 16.1. The Kier molecular flexibility index (Phi) is 5.19. The van der Waals surface area contributed by atoms with Crippen LogP contribution in [0.1, 0.15) is 6.42 Å². The molecule has 2 aliphatic rings. The highest BCUT2D eigenvalue weighted by Gasteiger charge is 2.36. The molecule has 2 unspecified atom stereocenters. The van der Waals surface area contributed by atoms with Crippen LogP contribution in [0, 0.1) is 5.92 Å². The van der Waals surface area contributed by atoms with Crippen molar-refractivity contribution < 1.29 is 19.0 Å². The summed E-state index contributed by atoms with van der Waals surface area (Å²) in [7, 11) is 3.14. The van der Waals surface area contributed by atoms with Crippen molar-refractivity contribution in [2.24, 2.45) is 5.92 Å². The summed E-state index contributed by atoms with van der Waals surface area (Å²) >= 11 is 0. The minimum Gasteiger partial charge on any atom is -0.493 e. The van der Waals surface area contributed by atoms with Gasteiger partial charge in [0, 0.05) is 43.6 Å². The molecule has 1 aromatic carbocycles. The molecule has 9 heteroatoms. The predicted molar refractivity (Wildman–Crippen MR) is 105 cm³/mol. The third-order valence-electron chi connectivity index (χ3n) is 5.38. The lowest BCUT2D eigenvalue weighted by Gasteiger charge is -2.36. The van der Waals surface area contributed by atoms with Gasteiger partial charge in [-0.05, 0) is 12.5 Å². The van der Waals surface area contributed by atoms with Crippen LogP contribution in [-0.4, -0.2) is 68.9 Å². The van der Waals surface area contributed by atoms with Crippen molar-refractivity contribution >= 4 is 28.5 Å². The molecule has 28 heavy (non-hydrogen) atoms. The number of anilines is 2. The average molecular weight is 387 g/mol. The first-order valence-electron chi connectivity index (χ1n) is 9.40. The fourth-order valence-electron chi connectivity index (χ4n) is 3.82. The quantitative estimate of drug-likeness (QED) is 0.762. The van der Waals surface area contributed by atoms with Crippen molar-refractivity contribution in [3.63, 3.8) is 0 Å². The van der Waals surface area contributed by atoms with Gasteiger partial charge in [0.1, 0.15) is 11.9 Å². The van der Waals surface area contributed by atoms with Gasteiger partial charge in [0.15, 0.2) is 17.3 Å². The molecule has 2 fully saturated rings. The Morgan fingerprint density at radius 1 is 1.29 bits per heavy atom. The Labute approximate surface area is 163 Å². The standard InChI is InChI=1S/C19H25N5O4/c1-26-15-7-12-13(8-16(15)27-2)22-19(23-18(12)20)24-5-4-21-9-14(24)17(25)11-3-6-28-10-11/h7-8,11,14,21H,3-6,9-10H2,1-2H3,(H2,20,22,23). The Bertz CT molecular complexity index is 884. The summed E-state index contributed by atoms with van der Waals surface area (Å²) in [5.74, 6) is 2.02. The van der Waals surface area contributed by atoms with E-state index in [1.165, 1.54) is 0 Å². The van der Waals surface area contributed by atoms with E-state index >= 15 is 0 Å². The first-order valence-corrected chi connectivity index (χ1v) is 9.40. The smallest absolute Gasteiger partial charge is 0.228 e. The molecule has 4 rings (SSSR count). The van der Waals surface area contributed by atoms with Crippen LogP contribution in [0.15, 0.2) is 12.1 Å². The number of nitrogens with zero attached hydrogens (tertiary/aromatic N) is 3. The highest BCUT2D eigenvalue weighted by Crippen LogP contribution is 2.34. The number of carbonyl (C=O) groups is 1. The average Bonchev–Trinajstić information content (AvgIpc) is 3.27. The molecule has 2 aromatic rings. The van der Waals surface area contributed by atoms with Crippen LogP contribution in [0.4, 0.5) is 11.8 Å². The van der Waals surface area contributed by atoms with Gasteiger partial charge in [-0.1, -0.05) is 0 Å². The number of nitrogens with one attached hydrogen (secondary N) is 1. The van der Waals surface area contributed by atoms with E-state index in [4.69, 9.17) is 24.9 Å². The number of nitrogens with two attached hydrogens (primary N) is 1. The van der Waals surface area contributed by atoms with E-state index in [1.54, 1.807) is 26.4 Å². The number of fused-ring (bicyclic) bond motifs is 1. The zero-order valence-electron chi connectivity index (χ0n) is 16.1. The number of aromatic nitrogens is 2. The van der Waals surface area contributed by atoms with Crippen LogP contribution in [0.25, 0.3) is 10.9 Å². The summed E-state index contributed by atoms with van der Waals surface area (Å²) in [5.41, 5.74) is 6.88. The van der Waals surface area contributed by atoms with Gasteiger partial charge in [0.25, 0.3) is 0 Å². The molecule has 3 heterocycles. The van der Waals surface area contributed by atoms with Gasteiger partial charge in [0.2, 0.25) is 5.95 Å². The van der Waals surface area contributed by atoms with Crippen LogP contribution >= 0.6 is 0 Å². The summed E-state index contributed by atoms with van der Waals surface area (Å²) in [6.45, 7) is 3.06. The Hall–Kier alpha value is -2.65. The number of piperazine rings is 1. The molecular weight excluding hydrogens is 362 g/mol. The number of hydrogen-bond acceptors (Lipinski definition) is 9. The summed E-state index contributed by atoms with van der Waals surface area (Å²) in [5, 5.41) is 3.98. The van der Waals surface area contributed by atoms with Gasteiger partial charge >= 0.3 is 0 Å². The predicted octanol–water partition coefficient (Wildman–Crippen LogP) is 0.613. The minimum absolute atomic E-state index is 0.0745. The zero-order chi connectivity index (χ0) is 19.7.